The quantitative estimate of drug-likeness (QED) is 0.384. The molecule has 2 aromatic heterocycles. The summed E-state index contributed by atoms with van der Waals surface area (Å²) >= 11 is 0. The van der Waals surface area contributed by atoms with Crippen LogP contribution in [0.5, 0.6) is 0 Å². The van der Waals surface area contributed by atoms with Crippen molar-refractivity contribution in [2.75, 3.05) is 19.6 Å². The molecule has 0 bridgehead atoms. The number of nitrogens with zero attached hydrogens (tertiary/aromatic N) is 5. The molecule has 0 aliphatic heterocycles. The molecule has 0 spiro atoms. The highest BCUT2D eigenvalue weighted by Crippen LogP contribution is 2.24. The first-order chi connectivity index (χ1) is 15.9. The van der Waals surface area contributed by atoms with Gasteiger partial charge in [0.05, 0.1) is 15.9 Å². The first kappa shape index (κ1) is 24.9. The Kier molecular flexibility index (Phi) is 8.62. The van der Waals surface area contributed by atoms with Gasteiger partial charge in [-0.05, 0) is 37.1 Å². The maximum atomic E-state index is 12.9. The normalized spacial score (nSPS) is 12.0. The van der Waals surface area contributed by atoms with E-state index in [4.69, 9.17) is 4.98 Å². The second-order valence-electron chi connectivity index (χ2n) is 7.89. The molecule has 0 saturated heterocycles. The Morgan fingerprint density at radius 3 is 2.61 bits per heavy atom. The molecule has 0 aliphatic rings. The van der Waals surface area contributed by atoms with Crippen LogP contribution in [0.3, 0.4) is 0 Å². The van der Waals surface area contributed by atoms with Gasteiger partial charge in [-0.1, -0.05) is 20.8 Å². The SMILES string of the molecule is CCCn1c(CCC(=O)NCCCn2cccn2)nc2cc(S(=O)(=O)N(CC)CC)ccc21. The maximum Gasteiger partial charge on any atom is 0.243 e. The maximum absolute atomic E-state index is 12.9. The first-order valence-electron chi connectivity index (χ1n) is 11.6. The fraction of sp³-hybridized carbons (Fsp3) is 0.522. The minimum atomic E-state index is -3.55. The van der Waals surface area contributed by atoms with Crippen LogP contribution in [-0.2, 0) is 34.3 Å². The number of imidazole rings is 1. The lowest BCUT2D eigenvalue weighted by molar-refractivity contribution is -0.121. The molecule has 1 aromatic carbocycles. The summed E-state index contributed by atoms with van der Waals surface area (Å²) in [6.07, 6.45) is 6.20. The number of nitrogens with one attached hydrogen (secondary N) is 1. The van der Waals surface area contributed by atoms with E-state index in [1.807, 2.05) is 36.9 Å². The molecule has 0 unspecified atom stereocenters. The van der Waals surface area contributed by atoms with Crippen LogP contribution in [0.25, 0.3) is 11.0 Å². The highest BCUT2D eigenvalue weighted by Gasteiger charge is 2.23. The number of fused-ring (bicyclic) bond motifs is 1. The summed E-state index contributed by atoms with van der Waals surface area (Å²) in [7, 11) is -3.55. The van der Waals surface area contributed by atoms with E-state index < -0.39 is 10.0 Å². The largest absolute Gasteiger partial charge is 0.356 e. The predicted molar refractivity (Wildman–Crippen MR) is 128 cm³/mol. The molecule has 0 radical (unpaired) electrons. The Labute approximate surface area is 195 Å². The van der Waals surface area contributed by atoms with Crippen molar-refractivity contribution in [1.82, 2.24) is 29.0 Å². The molecule has 0 atom stereocenters. The molecule has 10 heteroatoms. The summed E-state index contributed by atoms with van der Waals surface area (Å²) in [6, 6.07) is 7.00. The average molecular weight is 475 g/mol. The number of hydrogen-bond acceptors (Lipinski definition) is 5. The van der Waals surface area contributed by atoms with Gasteiger partial charge in [0.15, 0.2) is 0 Å². The van der Waals surface area contributed by atoms with E-state index >= 15 is 0 Å². The summed E-state index contributed by atoms with van der Waals surface area (Å²) < 4.78 is 31.2. The Morgan fingerprint density at radius 1 is 1.15 bits per heavy atom. The van der Waals surface area contributed by atoms with Gasteiger partial charge in [-0.2, -0.15) is 9.40 Å². The van der Waals surface area contributed by atoms with Crippen molar-refractivity contribution in [2.24, 2.45) is 0 Å². The van der Waals surface area contributed by atoms with E-state index in [0.29, 0.717) is 38.0 Å². The molecule has 33 heavy (non-hydrogen) atoms. The lowest BCUT2D eigenvalue weighted by atomic mass is 10.2. The van der Waals surface area contributed by atoms with Gasteiger partial charge in [0, 0.05) is 58.0 Å². The highest BCUT2D eigenvalue weighted by atomic mass is 32.2. The Morgan fingerprint density at radius 2 is 1.94 bits per heavy atom. The molecule has 180 valence electrons. The monoisotopic (exact) mass is 474 g/mol. The van der Waals surface area contributed by atoms with E-state index in [1.165, 1.54) is 4.31 Å². The number of aryl methyl sites for hydroxylation is 3. The number of benzene rings is 1. The zero-order valence-electron chi connectivity index (χ0n) is 19.7. The smallest absolute Gasteiger partial charge is 0.243 e. The summed E-state index contributed by atoms with van der Waals surface area (Å²) in [5.74, 6) is 0.784. The minimum Gasteiger partial charge on any atom is -0.356 e. The lowest BCUT2D eigenvalue weighted by Crippen LogP contribution is -2.30. The zero-order chi connectivity index (χ0) is 23.8. The van der Waals surface area contributed by atoms with Crippen LogP contribution in [0.15, 0.2) is 41.6 Å². The number of carbonyl (C=O) groups is 1. The van der Waals surface area contributed by atoms with Gasteiger partial charge in [0.2, 0.25) is 15.9 Å². The van der Waals surface area contributed by atoms with E-state index in [0.717, 1.165) is 37.3 Å². The average Bonchev–Trinajstić information content (AvgIpc) is 3.44. The van der Waals surface area contributed by atoms with E-state index in [-0.39, 0.29) is 10.8 Å². The Bertz CT molecular complexity index is 1150. The van der Waals surface area contributed by atoms with E-state index in [1.54, 1.807) is 18.3 Å². The third-order valence-corrected chi connectivity index (χ3v) is 7.66. The van der Waals surface area contributed by atoms with Crippen molar-refractivity contribution in [3.8, 4) is 0 Å². The Balaban J connectivity index is 1.68. The molecule has 0 fully saturated rings. The number of carbonyl (C=O) groups excluding carboxylic acids is 1. The number of amides is 1. The van der Waals surface area contributed by atoms with Crippen LogP contribution in [0.2, 0.25) is 0 Å². The van der Waals surface area contributed by atoms with Gasteiger partial charge in [-0.25, -0.2) is 13.4 Å². The zero-order valence-corrected chi connectivity index (χ0v) is 20.5. The van der Waals surface area contributed by atoms with Gasteiger partial charge in [-0.15, -0.1) is 0 Å². The number of aromatic nitrogens is 4. The van der Waals surface area contributed by atoms with Crippen molar-refractivity contribution in [2.45, 2.75) is 64.4 Å². The third kappa shape index (κ3) is 6.00. The second-order valence-corrected chi connectivity index (χ2v) is 9.83. The van der Waals surface area contributed by atoms with Gasteiger partial charge in [-0.3, -0.25) is 9.48 Å². The second kappa shape index (κ2) is 11.4. The van der Waals surface area contributed by atoms with Crippen LogP contribution in [0.4, 0.5) is 0 Å². The molecule has 1 N–H and O–H groups in total. The number of sulfonamides is 1. The van der Waals surface area contributed by atoms with Crippen LogP contribution in [-0.4, -0.2) is 57.6 Å². The van der Waals surface area contributed by atoms with Crippen LogP contribution in [0.1, 0.15) is 45.9 Å². The molecule has 9 nitrogen and oxygen atoms in total. The summed E-state index contributed by atoms with van der Waals surface area (Å²) in [5, 5.41) is 7.10. The van der Waals surface area contributed by atoms with Gasteiger partial charge < -0.3 is 9.88 Å². The van der Waals surface area contributed by atoms with Crippen molar-refractivity contribution < 1.29 is 13.2 Å². The van der Waals surface area contributed by atoms with Crippen LogP contribution in [0, 0.1) is 0 Å². The van der Waals surface area contributed by atoms with Gasteiger partial charge in [0.25, 0.3) is 0 Å². The van der Waals surface area contributed by atoms with Crippen molar-refractivity contribution in [3.63, 3.8) is 0 Å². The fourth-order valence-electron chi connectivity index (χ4n) is 3.91. The standard InChI is InChI=1S/C23H34N6O3S/c1-4-15-29-21-10-9-19(33(31,32)28(5-2)6-3)18-20(21)26-22(29)11-12-23(30)24-13-7-16-27-17-8-14-25-27/h8-10,14,17-18H,4-7,11-13,15-16H2,1-3H3,(H,24,30). The molecule has 3 rings (SSSR count). The molecule has 0 aliphatic carbocycles. The van der Waals surface area contributed by atoms with Crippen molar-refractivity contribution in [1.29, 1.82) is 0 Å². The Hall–Kier alpha value is -2.72. The summed E-state index contributed by atoms with van der Waals surface area (Å²) in [4.78, 5) is 17.3. The van der Waals surface area contributed by atoms with E-state index in [2.05, 4.69) is 21.9 Å². The minimum absolute atomic E-state index is 0.0182. The highest BCUT2D eigenvalue weighted by molar-refractivity contribution is 7.89. The van der Waals surface area contributed by atoms with Crippen LogP contribution < -0.4 is 5.32 Å². The molecular weight excluding hydrogens is 440 g/mol. The van der Waals surface area contributed by atoms with Crippen molar-refractivity contribution in [3.05, 3.63) is 42.5 Å². The summed E-state index contributed by atoms with van der Waals surface area (Å²) in [5.41, 5.74) is 1.54. The predicted octanol–water partition coefficient (Wildman–Crippen LogP) is 2.81. The molecular formula is C23H34N6O3S. The first-order valence-corrected chi connectivity index (χ1v) is 13.1. The number of hydrogen-bond donors (Lipinski definition) is 1. The molecule has 3 aromatic rings. The van der Waals surface area contributed by atoms with Gasteiger partial charge >= 0.3 is 0 Å². The topological polar surface area (TPSA) is 102 Å². The van der Waals surface area contributed by atoms with Gasteiger partial charge in [0.1, 0.15) is 5.82 Å². The molecule has 1 amide bonds. The third-order valence-electron chi connectivity index (χ3n) is 5.61. The summed E-state index contributed by atoms with van der Waals surface area (Å²) in [6.45, 7) is 8.70. The molecule has 2 heterocycles. The lowest BCUT2D eigenvalue weighted by Gasteiger charge is -2.18. The molecule has 0 saturated carbocycles. The van der Waals surface area contributed by atoms with E-state index in [9.17, 15) is 13.2 Å². The fourth-order valence-corrected chi connectivity index (χ4v) is 5.39. The van der Waals surface area contributed by atoms with Crippen LogP contribution >= 0.6 is 0 Å². The number of rotatable bonds is 13. The van der Waals surface area contributed by atoms with Crippen molar-refractivity contribution >= 4 is 27.0 Å².